The molecular weight excluding hydrogens is 380 g/mol. The summed E-state index contributed by atoms with van der Waals surface area (Å²) >= 11 is 0. The van der Waals surface area contributed by atoms with E-state index in [2.05, 4.69) is 26.2 Å². The molecule has 0 saturated carbocycles. The van der Waals surface area contributed by atoms with E-state index in [4.69, 9.17) is 0 Å². The van der Waals surface area contributed by atoms with Crippen LogP contribution in [0.15, 0.2) is 24.5 Å². The number of carbonyl (C=O) groups excluding carboxylic acids is 1. The van der Waals surface area contributed by atoms with E-state index in [9.17, 15) is 13.2 Å². The first-order chi connectivity index (χ1) is 11.8. The maximum Gasteiger partial charge on any atom is 0.245 e. The van der Waals surface area contributed by atoms with Gasteiger partial charge in [-0.05, 0) is 61.0 Å². The van der Waals surface area contributed by atoms with E-state index in [1.165, 1.54) is 11.0 Å². The summed E-state index contributed by atoms with van der Waals surface area (Å²) in [6.45, 7) is 2.88. The number of nitrogens with one attached hydrogen (secondary N) is 2. The second-order valence-corrected chi connectivity index (χ2v) is 8.55. The zero-order valence-corrected chi connectivity index (χ0v) is 16.1. The van der Waals surface area contributed by atoms with Crippen molar-refractivity contribution >= 4 is 33.8 Å². The first kappa shape index (κ1) is 20.3. The number of tetrazole rings is 1. The van der Waals surface area contributed by atoms with Crippen molar-refractivity contribution < 1.29 is 13.2 Å². The molecule has 2 heterocycles. The van der Waals surface area contributed by atoms with Crippen LogP contribution >= 0.6 is 12.4 Å². The van der Waals surface area contributed by atoms with Crippen LogP contribution in [-0.4, -0.2) is 58.6 Å². The molecule has 9 nitrogen and oxygen atoms in total. The molecule has 1 aliphatic heterocycles. The second kappa shape index (κ2) is 7.68. The predicted octanol–water partition coefficient (Wildman–Crippen LogP) is 0.498. The first-order valence-electron chi connectivity index (χ1n) is 7.89. The van der Waals surface area contributed by atoms with Crippen LogP contribution in [0.4, 0.5) is 5.69 Å². The number of hydrogen-bond donors (Lipinski definition) is 2. The molecule has 0 aliphatic carbocycles. The van der Waals surface area contributed by atoms with Crippen molar-refractivity contribution in [3.8, 4) is 5.69 Å². The molecule has 0 bridgehead atoms. The number of rotatable bonds is 4. The zero-order valence-electron chi connectivity index (χ0n) is 14.5. The summed E-state index contributed by atoms with van der Waals surface area (Å²) in [4.78, 5) is 12.9. The van der Waals surface area contributed by atoms with Gasteiger partial charge < -0.3 is 10.6 Å². The highest BCUT2D eigenvalue weighted by Crippen LogP contribution is 2.30. The lowest BCUT2D eigenvalue weighted by molar-refractivity contribution is -0.119. The van der Waals surface area contributed by atoms with Crippen molar-refractivity contribution in [2.45, 2.75) is 24.5 Å². The fourth-order valence-electron chi connectivity index (χ4n) is 3.05. The van der Waals surface area contributed by atoms with Gasteiger partial charge in [0, 0.05) is 11.9 Å². The Morgan fingerprint density at radius 2 is 2.00 bits per heavy atom. The van der Waals surface area contributed by atoms with Gasteiger partial charge in [0.25, 0.3) is 0 Å². The van der Waals surface area contributed by atoms with Crippen LogP contribution in [0.5, 0.6) is 0 Å². The minimum Gasteiger partial charge on any atom is -0.325 e. The molecule has 0 unspecified atom stereocenters. The van der Waals surface area contributed by atoms with Crippen molar-refractivity contribution in [2.24, 2.45) is 0 Å². The SMILES string of the molecule is Cc1ccc(NC(=O)C2(S(C)(=O)=O)CCNCC2)cc1-n1cnnn1.Cl. The summed E-state index contributed by atoms with van der Waals surface area (Å²) in [5.41, 5.74) is 2.13. The molecule has 142 valence electrons. The lowest BCUT2D eigenvalue weighted by atomic mass is 9.95. The van der Waals surface area contributed by atoms with Gasteiger partial charge in [-0.1, -0.05) is 6.07 Å². The van der Waals surface area contributed by atoms with Gasteiger partial charge in [-0.15, -0.1) is 17.5 Å². The zero-order chi connectivity index (χ0) is 18.1. The molecule has 0 atom stereocenters. The van der Waals surface area contributed by atoms with Gasteiger partial charge in [0.1, 0.15) is 6.33 Å². The molecule has 1 aliphatic rings. The van der Waals surface area contributed by atoms with Gasteiger partial charge in [0.15, 0.2) is 14.6 Å². The van der Waals surface area contributed by atoms with Crippen molar-refractivity contribution in [1.29, 1.82) is 0 Å². The van der Waals surface area contributed by atoms with Crippen LogP contribution in [0.3, 0.4) is 0 Å². The fraction of sp³-hybridized carbons (Fsp3) is 0.467. The Hall–Kier alpha value is -2.04. The van der Waals surface area contributed by atoms with Gasteiger partial charge in [-0.2, -0.15) is 0 Å². The molecule has 2 aromatic rings. The highest BCUT2D eigenvalue weighted by molar-refractivity contribution is 7.92. The maximum atomic E-state index is 12.9. The first-order valence-corrected chi connectivity index (χ1v) is 9.78. The molecule has 1 amide bonds. The lowest BCUT2D eigenvalue weighted by Gasteiger charge is -2.34. The quantitative estimate of drug-likeness (QED) is 0.766. The Balaban J connectivity index is 0.00000243. The van der Waals surface area contributed by atoms with Crippen LogP contribution in [0.2, 0.25) is 0 Å². The van der Waals surface area contributed by atoms with Gasteiger partial charge >= 0.3 is 0 Å². The number of halogens is 1. The van der Waals surface area contributed by atoms with Crippen molar-refractivity contribution in [1.82, 2.24) is 25.5 Å². The van der Waals surface area contributed by atoms with Gasteiger partial charge in [0.2, 0.25) is 5.91 Å². The third-order valence-corrected chi connectivity index (χ3v) is 6.61. The fourth-order valence-corrected chi connectivity index (χ4v) is 4.38. The van der Waals surface area contributed by atoms with Gasteiger partial charge in [0.05, 0.1) is 5.69 Å². The normalized spacial score (nSPS) is 16.5. The van der Waals surface area contributed by atoms with Gasteiger partial charge in [-0.25, -0.2) is 13.1 Å². The van der Waals surface area contributed by atoms with E-state index in [1.54, 1.807) is 12.1 Å². The van der Waals surface area contributed by atoms with E-state index in [-0.39, 0.29) is 25.2 Å². The minimum atomic E-state index is -3.56. The van der Waals surface area contributed by atoms with Crippen LogP contribution in [0.1, 0.15) is 18.4 Å². The van der Waals surface area contributed by atoms with E-state index in [0.29, 0.717) is 24.5 Å². The summed E-state index contributed by atoms with van der Waals surface area (Å²) in [5.74, 6) is -0.497. The van der Waals surface area contributed by atoms with Crippen molar-refractivity contribution in [3.63, 3.8) is 0 Å². The number of nitrogens with zero attached hydrogens (tertiary/aromatic N) is 4. The summed E-state index contributed by atoms with van der Waals surface area (Å²) in [5, 5.41) is 16.9. The summed E-state index contributed by atoms with van der Waals surface area (Å²) in [7, 11) is -3.56. The molecule has 11 heteroatoms. The molecule has 0 radical (unpaired) electrons. The highest BCUT2D eigenvalue weighted by Gasteiger charge is 2.48. The molecule has 1 saturated heterocycles. The Morgan fingerprint density at radius 1 is 1.31 bits per heavy atom. The number of sulfone groups is 1. The standard InChI is InChI=1S/C15H20N6O3S.ClH/c1-11-3-4-12(9-13(11)21-10-17-19-20-21)18-14(22)15(25(2,23)24)5-7-16-8-6-15;/h3-4,9-10,16H,5-8H2,1-2H3,(H,18,22);1H. The number of carbonyl (C=O) groups is 1. The number of aromatic nitrogens is 4. The van der Waals surface area contributed by atoms with E-state index >= 15 is 0 Å². The highest BCUT2D eigenvalue weighted by atomic mass is 35.5. The molecule has 1 aromatic carbocycles. The molecule has 26 heavy (non-hydrogen) atoms. The largest absolute Gasteiger partial charge is 0.325 e. The summed E-state index contributed by atoms with van der Waals surface area (Å²) in [6.07, 6.45) is 3.09. The smallest absolute Gasteiger partial charge is 0.245 e. The number of hydrogen-bond acceptors (Lipinski definition) is 7. The number of aryl methyl sites for hydroxylation is 1. The van der Waals surface area contributed by atoms with Crippen molar-refractivity contribution in [3.05, 3.63) is 30.1 Å². The molecule has 3 rings (SSSR count). The van der Waals surface area contributed by atoms with Crippen molar-refractivity contribution in [2.75, 3.05) is 24.7 Å². The second-order valence-electron chi connectivity index (χ2n) is 6.23. The molecule has 2 N–H and O–H groups in total. The van der Waals surface area contributed by atoms with Crippen LogP contribution in [0, 0.1) is 6.92 Å². The molecule has 1 fully saturated rings. The minimum absolute atomic E-state index is 0. The molecule has 0 spiro atoms. The third-order valence-electron chi connectivity index (χ3n) is 4.60. The van der Waals surface area contributed by atoms with E-state index in [1.807, 2.05) is 13.0 Å². The van der Waals surface area contributed by atoms with E-state index in [0.717, 1.165) is 11.8 Å². The molecule has 1 aromatic heterocycles. The summed E-state index contributed by atoms with van der Waals surface area (Å²) < 4.78 is 24.7. The number of benzene rings is 1. The topological polar surface area (TPSA) is 119 Å². The number of anilines is 1. The maximum absolute atomic E-state index is 12.9. The monoisotopic (exact) mass is 400 g/mol. The number of amides is 1. The Labute approximate surface area is 157 Å². The Morgan fingerprint density at radius 3 is 2.58 bits per heavy atom. The van der Waals surface area contributed by atoms with Crippen LogP contribution in [-0.2, 0) is 14.6 Å². The predicted molar refractivity (Wildman–Crippen MR) is 99.4 cm³/mol. The molecular formula is C15H21ClN6O3S. The third kappa shape index (κ3) is 3.71. The average Bonchev–Trinajstić information content (AvgIpc) is 3.10. The number of piperidine rings is 1. The average molecular weight is 401 g/mol. The Bertz CT molecular complexity index is 879. The van der Waals surface area contributed by atoms with Gasteiger partial charge in [-0.3, -0.25) is 4.79 Å². The lowest BCUT2D eigenvalue weighted by Crippen LogP contribution is -2.55. The summed E-state index contributed by atoms with van der Waals surface area (Å²) in [6, 6.07) is 5.28. The van der Waals surface area contributed by atoms with E-state index < -0.39 is 20.5 Å². The Kier molecular flexibility index (Phi) is 5.99. The van der Waals surface area contributed by atoms with Crippen LogP contribution < -0.4 is 10.6 Å². The van der Waals surface area contributed by atoms with Crippen LogP contribution in [0.25, 0.3) is 5.69 Å².